The summed E-state index contributed by atoms with van der Waals surface area (Å²) in [7, 11) is -1.57. The van der Waals surface area contributed by atoms with E-state index in [1.54, 1.807) is 18.2 Å². The van der Waals surface area contributed by atoms with Crippen LogP contribution in [-0.2, 0) is 6.42 Å². The van der Waals surface area contributed by atoms with Crippen molar-refractivity contribution in [3.8, 4) is 0 Å². The minimum absolute atomic E-state index is 0.303. The molecule has 82 valence electrons. The fraction of sp³-hybridized carbons (Fsp3) is 0.167. The highest BCUT2D eigenvalue weighted by Crippen LogP contribution is 2.20. The van der Waals surface area contributed by atoms with Gasteiger partial charge in [0.25, 0.3) is 0 Å². The Kier molecular flexibility index (Phi) is 2.94. The van der Waals surface area contributed by atoms with Crippen LogP contribution in [0.4, 0.5) is 4.39 Å². The number of halogens is 1. The van der Waals surface area contributed by atoms with E-state index in [9.17, 15) is 14.4 Å². The SMILES string of the molecule is CCc1c(F)ccc2cccc(B(O)O)c12. The maximum Gasteiger partial charge on any atom is 0.489 e. The molecule has 0 amide bonds. The lowest BCUT2D eigenvalue weighted by Gasteiger charge is -2.10. The monoisotopic (exact) mass is 218 g/mol. The fourth-order valence-electron chi connectivity index (χ4n) is 2.02. The van der Waals surface area contributed by atoms with Gasteiger partial charge in [0.15, 0.2) is 0 Å². The van der Waals surface area contributed by atoms with Crippen LogP contribution in [0.1, 0.15) is 12.5 Å². The molecule has 2 nitrogen and oxygen atoms in total. The van der Waals surface area contributed by atoms with E-state index in [0.717, 1.165) is 5.39 Å². The van der Waals surface area contributed by atoms with Gasteiger partial charge in [0.05, 0.1) is 0 Å². The fourth-order valence-corrected chi connectivity index (χ4v) is 2.02. The van der Waals surface area contributed by atoms with E-state index in [-0.39, 0.29) is 5.82 Å². The number of hydrogen-bond acceptors (Lipinski definition) is 2. The van der Waals surface area contributed by atoms with Crippen molar-refractivity contribution in [3.63, 3.8) is 0 Å². The summed E-state index contributed by atoms with van der Waals surface area (Å²) >= 11 is 0. The zero-order valence-electron chi connectivity index (χ0n) is 8.94. The Morgan fingerprint density at radius 1 is 1.19 bits per heavy atom. The maximum absolute atomic E-state index is 13.6. The second-order valence-electron chi connectivity index (χ2n) is 3.70. The van der Waals surface area contributed by atoms with E-state index in [4.69, 9.17) is 0 Å². The lowest BCUT2D eigenvalue weighted by molar-refractivity contribution is 0.426. The van der Waals surface area contributed by atoms with Gasteiger partial charge in [0, 0.05) is 0 Å². The van der Waals surface area contributed by atoms with Crippen LogP contribution in [0.25, 0.3) is 10.8 Å². The molecule has 0 aromatic heterocycles. The molecule has 2 aromatic carbocycles. The van der Waals surface area contributed by atoms with Crippen molar-refractivity contribution in [1.29, 1.82) is 0 Å². The minimum atomic E-state index is -1.57. The quantitative estimate of drug-likeness (QED) is 0.744. The van der Waals surface area contributed by atoms with Crippen molar-refractivity contribution in [2.24, 2.45) is 0 Å². The maximum atomic E-state index is 13.6. The molecule has 0 atom stereocenters. The lowest BCUT2D eigenvalue weighted by Crippen LogP contribution is -2.31. The number of aryl methyl sites for hydroxylation is 1. The van der Waals surface area contributed by atoms with Crippen LogP contribution in [0.3, 0.4) is 0 Å². The Labute approximate surface area is 93.5 Å². The Hall–Kier alpha value is -1.39. The summed E-state index contributed by atoms with van der Waals surface area (Å²) in [5, 5.41) is 20.0. The molecule has 0 aliphatic carbocycles. The Morgan fingerprint density at radius 2 is 1.94 bits per heavy atom. The number of hydrogen-bond donors (Lipinski definition) is 2. The number of benzene rings is 2. The third-order valence-electron chi connectivity index (χ3n) is 2.76. The van der Waals surface area contributed by atoms with E-state index in [1.165, 1.54) is 6.07 Å². The van der Waals surface area contributed by atoms with Crippen molar-refractivity contribution in [3.05, 3.63) is 41.7 Å². The van der Waals surface area contributed by atoms with Crippen LogP contribution >= 0.6 is 0 Å². The third kappa shape index (κ3) is 1.70. The first kappa shape index (κ1) is 11.1. The van der Waals surface area contributed by atoms with E-state index in [1.807, 2.05) is 13.0 Å². The summed E-state index contributed by atoms with van der Waals surface area (Å²) < 4.78 is 13.6. The molecular formula is C12H12BFO2. The number of fused-ring (bicyclic) bond motifs is 1. The second kappa shape index (κ2) is 4.24. The van der Waals surface area contributed by atoms with Gasteiger partial charge in [-0.2, -0.15) is 0 Å². The molecule has 4 heteroatoms. The van der Waals surface area contributed by atoms with E-state index >= 15 is 0 Å². The predicted octanol–water partition coefficient (Wildman–Crippen LogP) is 1.22. The van der Waals surface area contributed by atoms with Crippen LogP contribution < -0.4 is 5.46 Å². The minimum Gasteiger partial charge on any atom is -0.423 e. The summed E-state index contributed by atoms with van der Waals surface area (Å²) in [6, 6.07) is 8.23. The van der Waals surface area contributed by atoms with Gasteiger partial charge in [0.1, 0.15) is 5.82 Å². The summed E-state index contributed by atoms with van der Waals surface area (Å²) in [5.41, 5.74) is 0.884. The normalized spacial score (nSPS) is 10.8. The van der Waals surface area contributed by atoms with Crippen LogP contribution in [0.15, 0.2) is 30.3 Å². The molecule has 0 bridgehead atoms. The van der Waals surface area contributed by atoms with Crippen LogP contribution in [-0.4, -0.2) is 17.2 Å². The predicted molar refractivity (Wildman–Crippen MR) is 63.1 cm³/mol. The summed E-state index contributed by atoms with van der Waals surface area (Å²) in [6.45, 7) is 1.85. The number of rotatable bonds is 2. The summed E-state index contributed by atoms with van der Waals surface area (Å²) in [6.07, 6.45) is 0.521. The third-order valence-corrected chi connectivity index (χ3v) is 2.76. The largest absolute Gasteiger partial charge is 0.489 e. The van der Waals surface area contributed by atoms with Gasteiger partial charge < -0.3 is 10.0 Å². The van der Waals surface area contributed by atoms with Gasteiger partial charge in [-0.3, -0.25) is 0 Å². The van der Waals surface area contributed by atoms with Gasteiger partial charge in [-0.05, 0) is 34.3 Å². The molecule has 0 fully saturated rings. The average Bonchev–Trinajstić information content (AvgIpc) is 2.28. The average molecular weight is 218 g/mol. The molecule has 2 rings (SSSR count). The first-order valence-corrected chi connectivity index (χ1v) is 5.21. The van der Waals surface area contributed by atoms with Gasteiger partial charge in [-0.1, -0.05) is 31.2 Å². The van der Waals surface area contributed by atoms with Crippen molar-refractivity contribution in [2.75, 3.05) is 0 Å². The van der Waals surface area contributed by atoms with Gasteiger partial charge in [0.2, 0.25) is 0 Å². The van der Waals surface area contributed by atoms with E-state index in [2.05, 4.69) is 0 Å². The van der Waals surface area contributed by atoms with Crippen LogP contribution in [0, 0.1) is 5.82 Å². The zero-order chi connectivity index (χ0) is 11.7. The molecule has 0 heterocycles. The molecule has 0 aliphatic heterocycles. The van der Waals surface area contributed by atoms with Crippen molar-refractivity contribution < 1.29 is 14.4 Å². The second-order valence-corrected chi connectivity index (χ2v) is 3.70. The van der Waals surface area contributed by atoms with E-state index < -0.39 is 7.12 Å². The first-order chi connectivity index (χ1) is 7.65. The molecule has 0 unspecified atom stereocenters. The molecule has 0 spiro atoms. The van der Waals surface area contributed by atoms with Gasteiger partial charge in [-0.15, -0.1) is 0 Å². The molecule has 0 saturated heterocycles. The highest BCUT2D eigenvalue weighted by atomic mass is 19.1. The van der Waals surface area contributed by atoms with Crippen LogP contribution in [0.5, 0.6) is 0 Å². The van der Waals surface area contributed by atoms with Crippen molar-refractivity contribution in [1.82, 2.24) is 0 Å². The smallest absolute Gasteiger partial charge is 0.423 e. The van der Waals surface area contributed by atoms with E-state index in [0.29, 0.717) is 22.8 Å². The molecule has 0 saturated carbocycles. The Balaban J connectivity index is 2.87. The Morgan fingerprint density at radius 3 is 2.56 bits per heavy atom. The molecular weight excluding hydrogens is 206 g/mol. The molecule has 2 aromatic rings. The summed E-state index contributed by atoms with van der Waals surface area (Å²) in [5.74, 6) is -0.303. The van der Waals surface area contributed by atoms with Crippen LogP contribution in [0.2, 0.25) is 0 Å². The Bertz CT molecular complexity index is 526. The standard InChI is InChI=1S/C12H12BFO2/c1-2-9-11(14)7-6-8-4-3-5-10(12(8)9)13(15)16/h3-7,15-16H,2H2,1H3. The lowest BCUT2D eigenvalue weighted by atomic mass is 9.76. The molecule has 0 radical (unpaired) electrons. The zero-order valence-corrected chi connectivity index (χ0v) is 8.94. The van der Waals surface area contributed by atoms with Gasteiger partial charge in [-0.25, -0.2) is 4.39 Å². The topological polar surface area (TPSA) is 40.5 Å². The van der Waals surface area contributed by atoms with Gasteiger partial charge >= 0.3 is 7.12 Å². The highest BCUT2D eigenvalue weighted by molar-refractivity contribution is 6.62. The summed E-state index contributed by atoms with van der Waals surface area (Å²) in [4.78, 5) is 0. The molecule has 0 aliphatic rings. The highest BCUT2D eigenvalue weighted by Gasteiger charge is 2.17. The first-order valence-electron chi connectivity index (χ1n) is 5.21. The van der Waals surface area contributed by atoms with Crippen molar-refractivity contribution in [2.45, 2.75) is 13.3 Å². The molecule has 2 N–H and O–H groups in total. The van der Waals surface area contributed by atoms with Crippen molar-refractivity contribution >= 4 is 23.4 Å². The molecule has 16 heavy (non-hydrogen) atoms.